The molecule has 2 aromatic carbocycles. The summed E-state index contributed by atoms with van der Waals surface area (Å²) >= 11 is 0. The van der Waals surface area contributed by atoms with Crippen molar-refractivity contribution in [2.24, 2.45) is 0 Å². The van der Waals surface area contributed by atoms with E-state index < -0.39 is 11.9 Å². The third-order valence-electron chi connectivity index (χ3n) is 8.39. The van der Waals surface area contributed by atoms with Crippen LogP contribution in [0.1, 0.15) is 58.9 Å². The summed E-state index contributed by atoms with van der Waals surface area (Å²) < 4.78 is 11.8. The molecule has 0 radical (unpaired) electrons. The van der Waals surface area contributed by atoms with Gasteiger partial charge in [-0.25, -0.2) is 9.97 Å². The van der Waals surface area contributed by atoms with Crippen LogP contribution >= 0.6 is 0 Å². The smallest absolute Gasteiger partial charge is 0.255 e. The summed E-state index contributed by atoms with van der Waals surface area (Å²) in [7, 11) is 0. The van der Waals surface area contributed by atoms with E-state index >= 15 is 0 Å². The van der Waals surface area contributed by atoms with Crippen molar-refractivity contribution in [3.8, 4) is 5.75 Å². The summed E-state index contributed by atoms with van der Waals surface area (Å²) in [5.41, 5.74) is 3.63. The van der Waals surface area contributed by atoms with Crippen LogP contribution in [0.25, 0.3) is 10.9 Å². The summed E-state index contributed by atoms with van der Waals surface area (Å²) in [5, 5.41) is 3.39. The van der Waals surface area contributed by atoms with Gasteiger partial charge in [-0.05, 0) is 60.7 Å². The maximum absolute atomic E-state index is 13.0. The monoisotopic (exact) mass is 541 g/mol. The molecule has 3 saturated heterocycles. The highest BCUT2D eigenvalue weighted by Gasteiger charge is 2.39. The zero-order valence-corrected chi connectivity index (χ0v) is 22.2. The zero-order chi connectivity index (χ0) is 27.2. The Labute approximate surface area is 231 Å². The number of amides is 3. The summed E-state index contributed by atoms with van der Waals surface area (Å²) in [6.07, 6.45) is 4.48. The lowest BCUT2D eigenvalue weighted by Crippen LogP contribution is -2.52. The van der Waals surface area contributed by atoms with Gasteiger partial charge in [0.25, 0.3) is 5.91 Å². The van der Waals surface area contributed by atoms with Gasteiger partial charge in [-0.15, -0.1) is 0 Å². The van der Waals surface area contributed by atoms with E-state index in [1.54, 1.807) is 11.0 Å². The Kier molecular flexibility index (Phi) is 6.44. The average Bonchev–Trinajstić information content (AvgIpc) is 3.70. The predicted molar refractivity (Wildman–Crippen MR) is 145 cm³/mol. The van der Waals surface area contributed by atoms with Gasteiger partial charge in [-0.3, -0.25) is 24.6 Å². The molecule has 3 atom stereocenters. The zero-order valence-electron chi connectivity index (χ0n) is 22.2. The molecule has 3 aromatic rings. The predicted octanol–water partition coefficient (Wildman–Crippen LogP) is 2.55. The number of hydrogen-bond acceptors (Lipinski definition) is 8. The number of fused-ring (bicyclic) bond motifs is 2. The van der Waals surface area contributed by atoms with Crippen LogP contribution in [0.4, 0.5) is 0 Å². The van der Waals surface area contributed by atoms with Gasteiger partial charge < -0.3 is 14.4 Å². The normalized spacial score (nSPS) is 25.1. The Bertz CT molecular complexity index is 1500. The molecular weight excluding hydrogens is 510 g/mol. The van der Waals surface area contributed by atoms with Crippen LogP contribution in [-0.2, 0) is 27.4 Å². The van der Waals surface area contributed by atoms with Crippen LogP contribution in [-0.4, -0.2) is 75.9 Å². The molecule has 7 rings (SSSR count). The number of aromatic nitrogens is 2. The van der Waals surface area contributed by atoms with Crippen molar-refractivity contribution in [2.45, 2.75) is 56.8 Å². The van der Waals surface area contributed by atoms with Crippen molar-refractivity contribution >= 4 is 28.6 Å². The Morgan fingerprint density at radius 2 is 2.00 bits per heavy atom. The third-order valence-corrected chi connectivity index (χ3v) is 8.39. The van der Waals surface area contributed by atoms with Gasteiger partial charge in [0.05, 0.1) is 12.1 Å². The van der Waals surface area contributed by atoms with Crippen molar-refractivity contribution in [1.82, 2.24) is 25.1 Å². The summed E-state index contributed by atoms with van der Waals surface area (Å²) in [5.74, 6) is 1.04. The molecule has 0 aliphatic carbocycles. The standard InChI is InChI=1S/C30H31N5O5/c36-27-6-5-26(29(37)33-27)35-15-21-12-22(2-3-24(21)30(35)38)40-23-7-9-34(16-23)14-18-1-4-25-20(11-18)13-31-28(32-25)19-8-10-39-17-19/h1-4,11-13,19,23,26H,5-10,14-17H2,(H,33,36,37)/t19-,23-,26?/m1/s1. The number of piperidine rings is 1. The van der Waals surface area contributed by atoms with Crippen LogP contribution in [0.2, 0.25) is 0 Å². The van der Waals surface area contributed by atoms with Crippen molar-refractivity contribution in [1.29, 1.82) is 0 Å². The van der Waals surface area contributed by atoms with Crippen molar-refractivity contribution in [2.75, 3.05) is 26.3 Å². The minimum Gasteiger partial charge on any atom is -0.489 e. The van der Waals surface area contributed by atoms with Crippen molar-refractivity contribution < 1.29 is 23.9 Å². The fourth-order valence-corrected chi connectivity index (χ4v) is 6.24. The van der Waals surface area contributed by atoms with Crippen LogP contribution < -0.4 is 10.1 Å². The summed E-state index contributed by atoms with van der Waals surface area (Å²) in [4.78, 5) is 50.1. The molecule has 10 nitrogen and oxygen atoms in total. The Morgan fingerprint density at radius 3 is 2.85 bits per heavy atom. The molecule has 40 heavy (non-hydrogen) atoms. The SMILES string of the molecule is O=C1CCC(N2Cc3cc(O[C@@H]4CCN(Cc5ccc6nc([C@@H]7CCOC7)ncc6c5)C4)ccc3C2=O)C(=O)N1. The molecule has 4 aliphatic rings. The van der Waals surface area contributed by atoms with Crippen LogP contribution in [0.5, 0.6) is 5.75 Å². The number of likely N-dealkylation sites (tertiary alicyclic amines) is 1. The lowest BCUT2D eigenvalue weighted by Gasteiger charge is -2.29. The first-order valence-electron chi connectivity index (χ1n) is 14.0. The Hall–Kier alpha value is -3.89. The number of carbonyl (C=O) groups is 3. The van der Waals surface area contributed by atoms with Gasteiger partial charge in [0, 0.05) is 62.3 Å². The van der Waals surface area contributed by atoms with Gasteiger partial charge >= 0.3 is 0 Å². The van der Waals surface area contributed by atoms with Gasteiger partial charge in [-0.1, -0.05) is 6.07 Å². The van der Waals surface area contributed by atoms with E-state index in [0.717, 1.165) is 67.1 Å². The van der Waals surface area contributed by atoms with E-state index in [0.29, 0.717) is 31.1 Å². The largest absolute Gasteiger partial charge is 0.489 e. The molecule has 4 aliphatic heterocycles. The molecule has 0 bridgehead atoms. The molecule has 1 unspecified atom stereocenters. The van der Waals surface area contributed by atoms with Crippen LogP contribution in [0, 0.1) is 0 Å². The first-order chi connectivity index (χ1) is 19.5. The first kappa shape index (κ1) is 25.1. The lowest BCUT2D eigenvalue weighted by molar-refractivity contribution is -0.136. The Morgan fingerprint density at radius 1 is 1.07 bits per heavy atom. The van der Waals surface area contributed by atoms with Gasteiger partial charge in [0.2, 0.25) is 11.8 Å². The Balaban J connectivity index is 0.965. The molecule has 0 saturated carbocycles. The highest BCUT2D eigenvalue weighted by molar-refractivity contribution is 6.05. The number of ether oxygens (including phenoxy) is 2. The molecule has 3 amide bonds. The summed E-state index contributed by atoms with van der Waals surface area (Å²) in [6.45, 7) is 4.40. The number of carbonyl (C=O) groups excluding carboxylic acids is 3. The number of rotatable bonds is 6. The van der Waals surface area contributed by atoms with E-state index in [1.807, 2.05) is 18.3 Å². The van der Waals surface area contributed by atoms with Crippen molar-refractivity contribution in [3.05, 3.63) is 65.1 Å². The number of benzene rings is 2. The number of nitrogens with zero attached hydrogens (tertiary/aromatic N) is 4. The van der Waals surface area contributed by atoms with E-state index in [9.17, 15) is 14.4 Å². The minimum absolute atomic E-state index is 0.0568. The quantitative estimate of drug-likeness (QED) is 0.474. The first-order valence-corrected chi connectivity index (χ1v) is 14.0. The van der Waals surface area contributed by atoms with Crippen LogP contribution in [0.3, 0.4) is 0 Å². The molecule has 3 fully saturated rings. The molecule has 1 aromatic heterocycles. The van der Waals surface area contributed by atoms with Gasteiger partial charge in [0.1, 0.15) is 23.7 Å². The fourth-order valence-electron chi connectivity index (χ4n) is 6.24. The van der Waals surface area contributed by atoms with Crippen molar-refractivity contribution in [3.63, 3.8) is 0 Å². The van der Waals surface area contributed by atoms with E-state index in [1.165, 1.54) is 5.56 Å². The molecule has 0 spiro atoms. The maximum atomic E-state index is 13.0. The van der Waals surface area contributed by atoms with E-state index in [4.69, 9.17) is 14.5 Å². The summed E-state index contributed by atoms with van der Waals surface area (Å²) in [6, 6.07) is 11.3. The lowest BCUT2D eigenvalue weighted by atomic mass is 10.0. The second-order valence-electron chi connectivity index (χ2n) is 11.2. The second kappa shape index (κ2) is 10.3. The third kappa shape index (κ3) is 4.82. The molecular formula is C30H31N5O5. The topological polar surface area (TPSA) is 114 Å². The number of nitrogens with one attached hydrogen (secondary N) is 1. The molecule has 5 heterocycles. The van der Waals surface area contributed by atoms with Crippen LogP contribution in [0.15, 0.2) is 42.6 Å². The van der Waals surface area contributed by atoms with E-state index in [2.05, 4.69) is 33.4 Å². The average molecular weight is 542 g/mol. The van der Waals surface area contributed by atoms with E-state index in [-0.39, 0.29) is 24.3 Å². The van der Waals surface area contributed by atoms with Gasteiger partial charge in [0.15, 0.2) is 0 Å². The maximum Gasteiger partial charge on any atom is 0.255 e. The minimum atomic E-state index is -0.615. The highest BCUT2D eigenvalue weighted by Crippen LogP contribution is 2.31. The number of imide groups is 1. The molecule has 10 heteroatoms. The number of hydrogen-bond donors (Lipinski definition) is 1. The fraction of sp³-hybridized carbons (Fsp3) is 0.433. The second-order valence-corrected chi connectivity index (χ2v) is 11.2. The highest BCUT2D eigenvalue weighted by atomic mass is 16.5. The molecule has 206 valence electrons. The van der Waals surface area contributed by atoms with Gasteiger partial charge in [-0.2, -0.15) is 0 Å². The molecule has 1 N–H and O–H groups in total.